The van der Waals surface area contributed by atoms with Crippen molar-refractivity contribution in [3.63, 3.8) is 0 Å². The zero-order valence-electron chi connectivity index (χ0n) is 19.9. The normalized spacial score (nSPS) is 17.5. The molecule has 2 heterocycles. The first-order valence-corrected chi connectivity index (χ1v) is 11.7. The molecule has 0 bridgehead atoms. The third-order valence-corrected chi connectivity index (χ3v) is 5.85. The first-order valence-electron chi connectivity index (χ1n) is 11.7. The summed E-state index contributed by atoms with van der Waals surface area (Å²) in [5.41, 5.74) is 2.72. The summed E-state index contributed by atoms with van der Waals surface area (Å²) in [7, 11) is 0. The van der Waals surface area contributed by atoms with Gasteiger partial charge in [-0.2, -0.15) is 5.26 Å². The number of hydrogen-bond acceptors (Lipinski definition) is 7. The van der Waals surface area contributed by atoms with Gasteiger partial charge in [0.15, 0.2) is 5.58 Å². The van der Waals surface area contributed by atoms with E-state index in [1.54, 1.807) is 19.9 Å². The number of aromatic nitrogens is 1. The number of nitrogens with zero attached hydrogens (tertiary/aromatic N) is 2. The van der Waals surface area contributed by atoms with Crippen molar-refractivity contribution in [1.29, 1.82) is 5.26 Å². The third-order valence-electron chi connectivity index (χ3n) is 5.85. The molecule has 0 spiro atoms. The monoisotopic (exact) mass is 478 g/mol. The Hall–Kier alpha value is -3.45. The van der Waals surface area contributed by atoms with E-state index in [0.717, 1.165) is 29.7 Å². The van der Waals surface area contributed by atoms with Crippen LogP contribution in [0, 0.1) is 11.3 Å². The highest BCUT2D eigenvalue weighted by Crippen LogP contribution is 2.25. The van der Waals surface area contributed by atoms with Crippen molar-refractivity contribution in [3.05, 3.63) is 58.6 Å². The number of oxazole rings is 1. The molecule has 0 aliphatic carbocycles. The van der Waals surface area contributed by atoms with E-state index in [-0.39, 0.29) is 12.5 Å². The maximum absolute atomic E-state index is 12.5. The zero-order valence-corrected chi connectivity index (χ0v) is 19.9. The molecule has 184 valence electrons. The molecule has 0 unspecified atom stereocenters. The highest BCUT2D eigenvalue weighted by Gasteiger charge is 2.23. The molecule has 4 rings (SSSR count). The van der Waals surface area contributed by atoms with Crippen LogP contribution in [0.4, 0.5) is 0 Å². The van der Waals surface area contributed by atoms with Crippen LogP contribution in [0.3, 0.4) is 0 Å². The molecule has 0 radical (unpaired) electrons. The van der Waals surface area contributed by atoms with Gasteiger partial charge < -0.3 is 24.9 Å². The molecule has 9 nitrogen and oxygen atoms in total. The Bertz CT molecular complexity index is 1270. The Labute approximate surface area is 203 Å². The number of benzene rings is 2. The molecule has 1 aliphatic rings. The van der Waals surface area contributed by atoms with Crippen LogP contribution in [0.15, 0.2) is 51.7 Å². The molecule has 9 heteroatoms. The molecule has 35 heavy (non-hydrogen) atoms. The SMILES string of the molecule is CC(C)(O)Cn1c(=O)oc2ccc(-c3ccc(C[C@@H](C#N)NC(=O)[C@@H]4CNCCCO4)cc3)cc21. The van der Waals surface area contributed by atoms with Gasteiger partial charge in [-0.15, -0.1) is 0 Å². The van der Waals surface area contributed by atoms with Crippen molar-refractivity contribution in [1.82, 2.24) is 15.2 Å². The van der Waals surface area contributed by atoms with Crippen molar-refractivity contribution in [2.75, 3.05) is 19.7 Å². The number of rotatable bonds is 7. The summed E-state index contributed by atoms with van der Waals surface area (Å²) in [6.07, 6.45) is 0.625. The molecule has 2 aromatic carbocycles. The summed E-state index contributed by atoms with van der Waals surface area (Å²) in [5.74, 6) is -0.794. The van der Waals surface area contributed by atoms with Crippen LogP contribution in [0.25, 0.3) is 22.2 Å². The van der Waals surface area contributed by atoms with Gasteiger partial charge >= 0.3 is 5.76 Å². The number of hydrogen-bond donors (Lipinski definition) is 3. The van der Waals surface area contributed by atoms with Crippen molar-refractivity contribution in [2.24, 2.45) is 0 Å². The van der Waals surface area contributed by atoms with Crippen LogP contribution in [0.1, 0.15) is 25.8 Å². The van der Waals surface area contributed by atoms with Crippen molar-refractivity contribution >= 4 is 17.0 Å². The van der Waals surface area contributed by atoms with Gasteiger partial charge in [0, 0.05) is 19.6 Å². The first kappa shape index (κ1) is 24.7. The molecule has 0 saturated carbocycles. The van der Waals surface area contributed by atoms with Gasteiger partial charge in [0.05, 0.1) is 23.7 Å². The molecule has 1 fully saturated rings. The molecule has 3 aromatic rings. The lowest BCUT2D eigenvalue weighted by Gasteiger charge is -2.18. The van der Waals surface area contributed by atoms with E-state index in [1.165, 1.54) is 4.57 Å². The molecule has 1 amide bonds. The Morgan fingerprint density at radius 2 is 2.03 bits per heavy atom. The number of ether oxygens (including phenoxy) is 1. The smallest absolute Gasteiger partial charge is 0.408 e. The maximum Gasteiger partial charge on any atom is 0.420 e. The van der Waals surface area contributed by atoms with Crippen LogP contribution in [-0.4, -0.2) is 53.0 Å². The molecule has 1 aliphatic heterocycles. The number of aliphatic hydroxyl groups is 1. The minimum atomic E-state index is -1.07. The van der Waals surface area contributed by atoms with Gasteiger partial charge in [-0.25, -0.2) is 4.79 Å². The molecule has 3 N–H and O–H groups in total. The fourth-order valence-electron chi connectivity index (χ4n) is 4.12. The van der Waals surface area contributed by atoms with E-state index in [0.29, 0.717) is 30.7 Å². The topological polar surface area (TPSA) is 130 Å². The van der Waals surface area contributed by atoms with Crippen LogP contribution >= 0.6 is 0 Å². The Morgan fingerprint density at radius 3 is 2.74 bits per heavy atom. The summed E-state index contributed by atoms with van der Waals surface area (Å²) in [6.45, 7) is 5.15. The number of carbonyl (C=O) groups excluding carboxylic acids is 1. The fourth-order valence-corrected chi connectivity index (χ4v) is 4.12. The Morgan fingerprint density at radius 1 is 1.29 bits per heavy atom. The second-order valence-electron chi connectivity index (χ2n) is 9.46. The lowest BCUT2D eigenvalue weighted by molar-refractivity contribution is -0.132. The summed E-state index contributed by atoms with van der Waals surface area (Å²) >= 11 is 0. The summed E-state index contributed by atoms with van der Waals surface area (Å²) in [4.78, 5) is 24.7. The largest absolute Gasteiger partial charge is 0.420 e. The molecule has 1 aromatic heterocycles. The van der Waals surface area contributed by atoms with Gasteiger partial charge in [0.2, 0.25) is 0 Å². The van der Waals surface area contributed by atoms with Gasteiger partial charge in [0.25, 0.3) is 5.91 Å². The molecular weight excluding hydrogens is 448 g/mol. The van der Waals surface area contributed by atoms with E-state index in [1.807, 2.05) is 36.4 Å². The second-order valence-corrected chi connectivity index (χ2v) is 9.46. The van der Waals surface area contributed by atoms with Gasteiger partial charge in [0.1, 0.15) is 12.1 Å². The average Bonchev–Trinajstić information content (AvgIpc) is 2.99. The quantitative estimate of drug-likeness (QED) is 0.473. The van der Waals surface area contributed by atoms with E-state index < -0.39 is 23.5 Å². The Kier molecular flexibility index (Phi) is 7.36. The van der Waals surface area contributed by atoms with Crippen molar-refractivity contribution in [2.45, 2.75) is 51.0 Å². The number of nitriles is 1. The van der Waals surface area contributed by atoms with Crippen LogP contribution in [-0.2, 0) is 22.5 Å². The van der Waals surface area contributed by atoms with Gasteiger partial charge in [-0.1, -0.05) is 30.3 Å². The number of carbonyl (C=O) groups is 1. The summed E-state index contributed by atoms with van der Waals surface area (Å²) in [6, 6.07) is 14.7. The highest BCUT2D eigenvalue weighted by molar-refractivity contribution is 5.82. The van der Waals surface area contributed by atoms with E-state index in [2.05, 4.69) is 16.7 Å². The van der Waals surface area contributed by atoms with Crippen LogP contribution in [0.2, 0.25) is 0 Å². The third kappa shape index (κ3) is 6.17. The lowest BCUT2D eigenvalue weighted by Crippen LogP contribution is -2.46. The van der Waals surface area contributed by atoms with Gasteiger partial charge in [-0.05, 0) is 55.6 Å². The molecular formula is C26H30N4O5. The first-order chi connectivity index (χ1) is 16.7. The Balaban J connectivity index is 1.47. The second kappa shape index (κ2) is 10.4. The van der Waals surface area contributed by atoms with E-state index in [4.69, 9.17) is 9.15 Å². The van der Waals surface area contributed by atoms with Crippen LogP contribution < -0.4 is 16.4 Å². The number of amides is 1. The molecule has 2 atom stereocenters. The molecule has 1 saturated heterocycles. The average molecular weight is 479 g/mol. The van der Waals surface area contributed by atoms with E-state index >= 15 is 0 Å². The number of fused-ring (bicyclic) bond motifs is 1. The fraction of sp³-hybridized carbons (Fsp3) is 0.423. The summed E-state index contributed by atoms with van der Waals surface area (Å²) in [5, 5.41) is 25.7. The predicted octanol–water partition coefficient (Wildman–Crippen LogP) is 1.96. The standard InChI is InChI=1S/C26H30N4O5/c1-26(2,33)16-30-21-13-19(8-9-22(21)35-25(30)32)18-6-4-17(5-7-18)12-20(14-27)29-24(31)23-15-28-10-3-11-34-23/h4-9,13,20,23,28,33H,3,10-12,15-16H2,1-2H3,(H,29,31)/t20-,23-/m0/s1. The minimum absolute atomic E-state index is 0.116. The summed E-state index contributed by atoms with van der Waals surface area (Å²) < 4.78 is 12.3. The van der Waals surface area contributed by atoms with Gasteiger partial charge in [-0.3, -0.25) is 9.36 Å². The number of nitrogens with one attached hydrogen (secondary N) is 2. The zero-order chi connectivity index (χ0) is 25.0. The van der Waals surface area contributed by atoms with Crippen LogP contribution in [0.5, 0.6) is 0 Å². The van der Waals surface area contributed by atoms with Crippen molar-refractivity contribution < 1.29 is 19.1 Å². The minimum Gasteiger partial charge on any atom is -0.408 e. The lowest BCUT2D eigenvalue weighted by atomic mass is 10.0. The predicted molar refractivity (Wildman–Crippen MR) is 131 cm³/mol. The van der Waals surface area contributed by atoms with E-state index in [9.17, 15) is 20.0 Å². The van der Waals surface area contributed by atoms with Crippen molar-refractivity contribution in [3.8, 4) is 17.2 Å². The maximum atomic E-state index is 12.5. The highest BCUT2D eigenvalue weighted by atomic mass is 16.5.